The predicted octanol–water partition coefficient (Wildman–Crippen LogP) is 1.62. The highest BCUT2D eigenvalue weighted by molar-refractivity contribution is 5.44. The van der Waals surface area contributed by atoms with Crippen LogP contribution in [0.5, 0.6) is 0 Å². The standard InChI is InChI=1S/C11H13N3O/c1-8-2-4-9(5-3-8)12-7-10-6-11(15)14-13-10/h2-6,12H,7H2,1H3,(H2,13,14,15). The van der Waals surface area contributed by atoms with Crippen LogP contribution in [0.4, 0.5) is 5.69 Å². The highest BCUT2D eigenvalue weighted by Gasteiger charge is 1.96. The normalized spacial score (nSPS) is 10.2. The molecule has 0 aliphatic carbocycles. The number of hydrogen-bond donors (Lipinski definition) is 3. The molecule has 78 valence electrons. The molecule has 1 heterocycles. The second-order valence-corrected chi connectivity index (χ2v) is 3.50. The Labute approximate surface area is 87.3 Å². The lowest BCUT2D eigenvalue weighted by molar-refractivity contribution is 0.970. The Morgan fingerprint density at radius 2 is 1.93 bits per heavy atom. The van der Waals surface area contributed by atoms with E-state index in [2.05, 4.69) is 15.5 Å². The predicted molar refractivity (Wildman–Crippen MR) is 59.9 cm³/mol. The summed E-state index contributed by atoms with van der Waals surface area (Å²) >= 11 is 0. The van der Waals surface area contributed by atoms with Gasteiger partial charge in [-0.15, -0.1) is 0 Å². The Morgan fingerprint density at radius 3 is 2.53 bits per heavy atom. The molecule has 0 saturated heterocycles. The van der Waals surface area contributed by atoms with E-state index in [4.69, 9.17) is 0 Å². The van der Waals surface area contributed by atoms with E-state index >= 15 is 0 Å². The molecule has 4 heteroatoms. The minimum absolute atomic E-state index is 0.101. The van der Waals surface area contributed by atoms with Crippen LogP contribution >= 0.6 is 0 Å². The largest absolute Gasteiger partial charge is 0.379 e. The van der Waals surface area contributed by atoms with Crippen molar-refractivity contribution in [2.24, 2.45) is 0 Å². The summed E-state index contributed by atoms with van der Waals surface area (Å²) in [6.07, 6.45) is 0. The number of aromatic amines is 2. The van der Waals surface area contributed by atoms with Gasteiger partial charge in [-0.25, -0.2) is 0 Å². The Bertz CT molecular complexity index is 481. The van der Waals surface area contributed by atoms with E-state index in [1.165, 1.54) is 5.56 Å². The maximum absolute atomic E-state index is 10.8. The number of nitrogens with one attached hydrogen (secondary N) is 3. The van der Waals surface area contributed by atoms with Gasteiger partial charge in [-0.1, -0.05) is 17.7 Å². The molecular formula is C11H13N3O. The van der Waals surface area contributed by atoms with Crippen molar-refractivity contribution < 1.29 is 0 Å². The first kappa shape index (κ1) is 9.58. The summed E-state index contributed by atoms with van der Waals surface area (Å²) in [5.74, 6) is 0. The molecular weight excluding hydrogens is 190 g/mol. The van der Waals surface area contributed by atoms with Crippen LogP contribution in [-0.2, 0) is 6.54 Å². The second kappa shape index (κ2) is 4.04. The molecule has 0 fully saturated rings. The fourth-order valence-corrected chi connectivity index (χ4v) is 1.34. The number of rotatable bonds is 3. The van der Waals surface area contributed by atoms with Gasteiger partial charge >= 0.3 is 0 Å². The van der Waals surface area contributed by atoms with Crippen LogP contribution < -0.4 is 10.9 Å². The molecule has 1 aromatic carbocycles. The Hall–Kier alpha value is -1.97. The molecule has 4 nitrogen and oxygen atoms in total. The van der Waals surface area contributed by atoms with E-state index in [0.29, 0.717) is 6.54 Å². The van der Waals surface area contributed by atoms with Gasteiger partial charge in [0, 0.05) is 11.8 Å². The Kier molecular flexibility index (Phi) is 2.58. The lowest BCUT2D eigenvalue weighted by atomic mass is 10.2. The highest BCUT2D eigenvalue weighted by atomic mass is 16.1. The fraction of sp³-hybridized carbons (Fsp3) is 0.182. The van der Waals surface area contributed by atoms with Crippen molar-refractivity contribution >= 4 is 5.69 Å². The minimum atomic E-state index is -0.101. The number of hydrogen-bond acceptors (Lipinski definition) is 2. The van der Waals surface area contributed by atoms with Gasteiger partial charge in [0.2, 0.25) is 0 Å². The average Bonchev–Trinajstić information content (AvgIpc) is 2.64. The summed E-state index contributed by atoms with van der Waals surface area (Å²) in [6, 6.07) is 9.66. The molecule has 0 bridgehead atoms. The van der Waals surface area contributed by atoms with Gasteiger partial charge in [0.05, 0.1) is 12.2 Å². The Balaban J connectivity index is 1.99. The molecule has 0 unspecified atom stereocenters. The van der Waals surface area contributed by atoms with E-state index in [1.807, 2.05) is 31.2 Å². The number of H-pyrrole nitrogens is 2. The van der Waals surface area contributed by atoms with Crippen LogP contribution in [0.1, 0.15) is 11.3 Å². The van der Waals surface area contributed by atoms with Crippen molar-refractivity contribution in [3.63, 3.8) is 0 Å². The van der Waals surface area contributed by atoms with Gasteiger partial charge in [-0.05, 0) is 19.1 Å². The van der Waals surface area contributed by atoms with Gasteiger partial charge in [0.25, 0.3) is 5.56 Å². The fourth-order valence-electron chi connectivity index (χ4n) is 1.34. The molecule has 0 aliphatic heterocycles. The van der Waals surface area contributed by atoms with E-state index < -0.39 is 0 Å². The maximum atomic E-state index is 10.8. The van der Waals surface area contributed by atoms with E-state index in [-0.39, 0.29) is 5.56 Å². The first-order valence-corrected chi connectivity index (χ1v) is 4.81. The number of benzene rings is 1. The topological polar surface area (TPSA) is 60.7 Å². The smallest absolute Gasteiger partial charge is 0.264 e. The first-order valence-electron chi connectivity index (χ1n) is 4.81. The monoisotopic (exact) mass is 203 g/mol. The third kappa shape index (κ3) is 2.49. The summed E-state index contributed by atoms with van der Waals surface area (Å²) in [6.45, 7) is 2.66. The van der Waals surface area contributed by atoms with Crippen molar-refractivity contribution in [1.82, 2.24) is 10.2 Å². The minimum Gasteiger partial charge on any atom is -0.379 e. The van der Waals surface area contributed by atoms with Crippen LogP contribution in [0.2, 0.25) is 0 Å². The van der Waals surface area contributed by atoms with E-state index in [9.17, 15) is 4.79 Å². The SMILES string of the molecule is Cc1ccc(NCc2cc(=O)[nH][nH]2)cc1. The summed E-state index contributed by atoms with van der Waals surface area (Å²) in [7, 11) is 0. The molecule has 0 radical (unpaired) electrons. The zero-order valence-electron chi connectivity index (χ0n) is 8.50. The molecule has 0 spiro atoms. The molecule has 0 atom stereocenters. The average molecular weight is 203 g/mol. The molecule has 0 amide bonds. The second-order valence-electron chi connectivity index (χ2n) is 3.50. The van der Waals surface area contributed by atoms with Crippen molar-refractivity contribution in [2.45, 2.75) is 13.5 Å². The van der Waals surface area contributed by atoms with Gasteiger partial charge in [-0.3, -0.25) is 9.89 Å². The van der Waals surface area contributed by atoms with Gasteiger partial charge in [-0.2, -0.15) is 0 Å². The number of aryl methyl sites for hydroxylation is 1. The lowest BCUT2D eigenvalue weighted by Crippen LogP contribution is -1.99. The summed E-state index contributed by atoms with van der Waals surface area (Å²) in [5, 5.41) is 8.49. The number of anilines is 1. The van der Waals surface area contributed by atoms with Gasteiger partial charge in [0.1, 0.15) is 0 Å². The van der Waals surface area contributed by atoms with Crippen LogP contribution in [0.25, 0.3) is 0 Å². The molecule has 2 aromatic rings. The van der Waals surface area contributed by atoms with E-state index in [0.717, 1.165) is 11.4 Å². The highest BCUT2D eigenvalue weighted by Crippen LogP contribution is 2.09. The van der Waals surface area contributed by atoms with Gasteiger partial charge in [0.15, 0.2) is 0 Å². The zero-order chi connectivity index (χ0) is 10.7. The molecule has 15 heavy (non-hydrogen) atoms. The zero-order valence-corrected chi connectivity index (χ0v) is 8.50. The third-order valence-electron chi connectivity index (χ3n) is 2.19. The Morgan fingerprint density at radius 1 is 1.20 bits per heavy atom. The maximum Gasteiger partial charge on any atom is 0.264 e. The number of aromatic nitrogens is 2. The molecule has 1 aromatic heterocycles. The summed E-state index contributed by atoms with van der Waals surface area (Å²) in [5.41, 5.74) is 3.02. The first-order chi connectivity index (χ1) is 7.24. The van der Waals surface area contributed by atoms with Crippen molar-refractivity contribution in [3.05, 3.63) is 51.9 Å². The van der Waals surface area contributed by atoms with Crippen LogP contribution in [0.3, 0.4) is 0 Å². The molecule has 0 saturated carbocycles. The third-order valence-corrected chi connectivity index (χ3v) is 2.19. The van der Waals surface area contributed by atoms with Crippen molar-refractivity contribution in [1.29, 1.82) is 0 Å². The molecule has 0 aliphatic rings. The molecule has 2 rings (SSSR count). The van der Waals surface area contributed by atoms with Crippen LogP contribution in [0.15, 0.2) is 35.1 Å². The van der Waals surface area contributed by atoms with E-state index in [1.54, 1.807) is 6.07 Å². The van der Waals surface area contributed by atoms with Crippen LogP contribution in [-0.4, -0.2) is 10.2 Å². The quantitative estimate of drug-likeness (QED) is 0.710. The van der Waals surface area contributed by atoms with Crippen LogP contribution in [0, 0.1) is 6.92 Å². The summed E-state index contributed by atoms with van der Waals surface area (Å²) < 4.78 is 0. The molecule has 3 N–H and O–H groups in total. The van der Waals surface area contributed by atoms with Gasteiger partial charge < -0.3 is 10.4 Å². The summed E-state index contributed by atoms with van der Waals surface area (Å²) in [4.78, 5) is 10.8. The van der Waals surface area contributed by atoms with Crippen molar-refractivity contribution in [2.75, 3.05) is 5.32 Å². The lowest BCUT2D eigenvalue weighted by Gasteiger charge is -2.04. The van der Waals surface area contributed by atoms with Crippen molar-refractivity contribution in [3.8, 4) is 0 Å².